The average Bonchev–Trinajstić information content (AvgIpc) is 2.58. The minimum atomic E-state index is -4.46. The summed E-state index contributed by atoms with van der Waals surface area (Å²) in [6.07, 6.45) is -4.46. The quantitative estimate of drug-likeness (QED) is 0.370. The number of oxime groups is 1. The number of amidine groups is 1. The number of halogens is 3. The van der Waals surface area contributed by atoms with Gasteiger partial charge >= 0.3 is 6.18 Å². The Morgan fingerprint density at radius 2 is 2.24 bits per heavy atom. The number of aromatic nitrogens is 2. The lowest BCUT2D eigenvalue weighted by Gasteiger charge is -2.11. The second-order valence-electron chi connectivity index (χ2n) is 3.78. The summed E-state index contributed by atoms with van der Waals surface area (Å²) in [5.74, 6) is -0.451. The molecule has 0 fully saturated rings. The van der Waals surface area contributed by atoms with Gasteiger partial charge in [-0.05, 0) is 13.0 Å². The Hall–Kier alpha value is -1.73. The molecular formula is C9H13F3N4O. The van der Waals surface area contributed by atoms with Gasteiger partial charge in [-0.3, -0.25) is 4.68 Å². The van der Waals surface area contributed by atoms with Gasteiger partial charge in [0.1, 0.15) is 5.84 Å². The molecule has 1 atom stereocenters. The van der Waals surface area contributed by atoms with Gasteiger partial charge < -0.3 is 10.9 Å². The molecule has 0 saturated carbocycles. The van der Waals surface area contributed by atoms with E-state index in [4.69, 9.17) is 10.9 Å². The highest BCUT2D eigenvalue weighted by Crippen LogP contribution is 2.28. The SMILES string of the molecule is Cc1cc(C(F)(F)F)nn1C[C@H](C)/C(N)=N/O. The van der Waals surface area contributed by atoms with Crippen LogP contribution in [0.4, 0.5) is 13.2 Å². The lowest BCUT2D eigenvalue weighted by molar-refractivity contribution is -0.141. The van der Waals surface area contributed by atoms with Crippen molar-refractivity contribution in [1.82, 2.24) is 9.78 Å². The number of rotatable bonds is 3. The average molecular weight is 250 g/mol. The Morgan fingerprint density at radius 3 is 2.65 bits per heavy atom. The summed E-state index contributed by atoms with van der Waals surface area (Å²) in [7, 11) is 0. The smallest absolute Gasteiger partial charge is 0.409 e. The van der Waals surface area contributed by atoms with Crippen molar-refractivity contribution in [1.29, 1.82) is 0 Å². The molecule has 0 bridgehead atoms. The van der Waals surface area contributed by atoms with Crippen LogP contribution in [0.15, 0.2) is 11.2 Å². The van der Waals surface area contributed by atoms with Crippen LogP contribution in [0, 0.1) is 12.8 Å². The third-order valence-electron chi connectivity index (χ3n) is 2.34. The molecule has 0 aromatic carbocycles. The number of alkyl halides is 3. The lowest BCUT2D eigenvalue weighted by Crippen LogP contribution is -2.26. The van der Waals surface area contributed by atoms with Crippen molar-refractivity contribution in [2.45, 2.75) is 26.6 Å². The van der Waals surface area contributed by atoms with Gasteiger partial charge in [0.2, 0.25) is 0 Å². The van der Waals surface area contributed by atoms with Gasteiger partial charge in [-0.15, -0.1) is 0 Å². The summed E-state index contributed by atoms with van der Waals surface area (Å²) in [5, 5.41) is 14.7. The predicted molar refractivity (Wildman–Crippen MR) is 54.5 cm³/mol. The van der Waals surface area contributed by atoms with Crippen molar-refractivity contribution in [3.8, 4) is 0 Å². The zero-order chi connectivity index (χ0) is 13.2. The Morgan fingerprint density at radius 1 is 1.65 bits per heavy atom. The molecule has 0 unspecified atom stereocenters. The Kier molecular flexibility index (Phi) is 3.64. The van der Waals surface area contributed by atoms with Gasteiger partial charge in [0, 0.05) is 11.6 Å². The minimum absolute atomic E-state index is 0.0477. The van der Waals surface area contributed by atoms with E-state index in [0.717, 1.165) is 6.07 Å². The largest absolute Gasteiger partial charge is 0.435 e. The zero-order valence-corrected chi connectivity index (χ0v) is 9.36. The van der Waals surface area contributed by atoms with Crippen LogP contribution in [0.1, 0.15) is 18.3 Å². The molecule has 1 aromatic rings. The number of hydrogen-bond acceptors (Lipinski definition) is 3. The zero-order valence-electron chi connectivity index (χ0n) is 9.36. The van der Waals surface area contributed by atoms with Crippen molar-refractivity contribution >= 4 is 5.84 Å². The van der Waals surface area contributed by atoms with E-state index in [9.17, 15) is 13.2 Å². The number of hydrogen-bond donors (Lipinski definition) is 2. The highest BCUT2D eigenvalue weighted by molar-refractivity contribution is 5.81. The van der Waals surface area contributed by atoms with Gasteiger partial charge in [-0.2, -0.15) is 18.3 Å². The molecule has 0 saturated heterocycles. The van der Waals surface area contributed by atoms with Gasteiger partial charge in [-0.25, -0.2) is 0 Å². The molecule has 0 spiro atoms. The fourth-order valence-corrected chi connectivity index (χ4v) is 1.28. The van der Waals surface area contributed by atoms with Crippen LogP contribution in [0.3, 0.4) is 0 Å². The van der Waals surface area contributed by atoms with Crippen molar-refractivity contribution in [2.75, 3.05) is 0 Å². The first-order chi connectivity index (χ1) is 7.75. The van der Waals surface area contributed by atoms with Crippen molar-refractivity contribution in [3.63, 3.8) is 0 Å². The van der Waals surface area contributed by atoms with Crippen LogP contribution < -0.4 is 5.73 Å². The molecular weight excluding hydrogens is 237 g/mol. The third kappa shape index (κ3) is 3.11. The third-order valence-corrected chi connectivity index (χ3v) is 2.34. The summed E-state index contributed by atoms with van der Waals surface area (Å²) < 4.78 is 38.3. The maximum Gasteiger partial charge on any atom is 0.435 e. The standard InChI is InChI=1S/C9H13F3N4O/c1-5(8(13)15-17)4-16-6(2)3-7(14-16)9(10,11)12/h3,5,17H,4H2,1-2H3,(H2,13,15)/t5-/m0/s1. The van der Waals surface area contributed by atoms with E-state index >= 15 is 0 Å². The van der Waals surface area contributed by atoms with Gasteiger partial charge in [0.25, 0.3) is 0 Å². The topological polar surface area (TPSA) is 76.4 Å². The summed E-state index contributed by atoms with van der Waals surface area (Å²) in [5.41, 5.74) is 4.77. The number of nitrogens with zero attached hydrogens (tertiary/aromatic N) is 3. The molecule has 0 aliphatic rings. The number of aryl methyl sites for hydroxylation is 1. The molecule has 1 rings (SSSR count). The molecule has 0 amide bonds. The van der Waals surface area contributed by atoms with Crippen LogP contribution in [0.2, 0.25) is 0 Å². The molecule has 1 aromatic heterocycles. The van der Waals surface area contributed by atoms with Crippen molar-refractivity contribution in [3.05, 3.63) is 17.5 Å². The van der Waals surface area contributed by atoms with Crippen molar-refractivity contribution < 1.29 is 18.4 Å². The molecule has 0 aliphatic carbocycles. The maximum atomic E-state index is 12.4. The molecule has 0 radical (unpaired) electrons. The van der Waals surface area contributed by atoms with E-state index in [0.29, 0.717) is 5.69 Å². The molecule has 5 nitrogen and oxygen atoms in total. The normalized spacial score (nSPS) is 15.0. The van der Waals surface area contributed by atoms with Gasteiger partial charge in [-0.1, -0.05) is 12.1 Å². The molecule has 17 heavy (non-hydrogen) atoms. The van der Waals surface area contributed by atoms with Crippen molar-refractivity contribution in [2.24, 2.45) is 16.8 Å². The van der Waals surface area contributed by atoms with E-state index in [1.54, 1.807) is 6.92 Å². The number of nitrogens with two attached hydrogens (primary N) is 1. The summed E-state index contributed by atoms with van der Waals surface area (Å²) in [6.45, 7) is 3.27. The van der Waals surface area contributed by atoms with E-state index in [1.165, 1.54) is 11.6 Å². The molecule has 3 N–H and O–H groups in total. The molecule has 1 heterocycles. The molecule has 8 heteroatoms. The highest BCUT2D eigenvalue weighted by Gasteiger charge is 2.34. The Balaban J connectivity index is 2.90. The lowest BCUT2D eigenvalue weighted by atomic mass is 10.1. The van der Waals surface area contributed by atoms with Crippen LogP contribution in [-0.4, -0.2) is 20.8 Å². The van der Waals surface area contributed by atoms with Crippen LogP contribution in [-0.2, 0) is 12.7 Å². The summed E-state index contributed by atoms with van der Waals surface area (Å²) >= 11 is 0. The van der Waals surface area contributed by atoms with Gasteiger partial charge in [0.15, 0.2) is 5.69 Å². The van der Waals surface area contributed by atoms with E-state index in [-0.39, 0.29) is 12.4 Å². The van der Waals surface area contributed by atoms with E-state index in [1.807, 2.05) is 0 Å². The minimum Gasteiger partial charge on any atom is -0.409 e. The van der Waals surface area contributed by atoms with Crippen LogP contribution >= 0.6 is 0 Å². The first-order valence-corrected chi connectivity index (χ1v) is 4.84. The predicted octanol–water partition coefficient (Wildman–Crippen LogP) is 1.59. The molecule has 96 valence electrons. The van der Waals surface area contributed by atoms with E-state index < -0.39 is 17.8 Å². The van der Waals surface area contributed by atoms with Crippen LogP contribution in [0.25, 0.3) is 0 Å². The second-order valence-corrected chi connectivity index (χ2v) is 3.78. The molecule has 0 aliphatic heterocycles. The highest BCUT2D eigenvalue weighted by atomic mass is 19.4. The van der Waals surface area contributed by atoms with E-state index in [2.05, 4.69) is 10.3 Å². The van der Waals surface area contributed by atoms with Gasteiger partial charge in [0.05, 0.1) is 6.54 Å². The first kappa shape index (κ1) is 13.3. The fraction of sp³-hybridized carbons (Fsp3) is 0.556. The second kappa shape index (κ2) is 4.64. The van der Waals surface area contributed by atoms with Crippen LogP contribution in [0.5, 0.6) is 0 Å². The Labute approximate surface area is 95.7 Å². The Bertz CT molecular complexity index is 424. The fourth-order valence-electron chi connectivity index (χ4n) is 1.28. The summed E-state index contributed by atoms with van der Waals surface area (Å²) in [6, 6.07) is 0.957. The maximum absolute atomic E-state index is 12.4. The monoisotopic (exact) mass is 250 g/mol. The summed E-state index contributed by atoms with van der Waals surface area (Å²) in [4.78, 5) is 0. The first-order valence-electron chi connectivity index (χ1n) is 4.84.